The highest BCUT2D eigenvalue weighted by atomic mass is 79.9. The Morgan fingerprint density at radius 1 is 1.33 bits per heavy atom. The number of unbranched alkanes of at least 4 members (excludes halogenated alkanes) is 3. The van der Waals surface area contributed by atoms with Crippen LogP contribution in [0.5, 0.6) is 0 Å². The molecule has 0 amide bonds. The lowest BCUT2D eigenvalue weighted by molar-refractivity contribution is 0.653. The van der Waals surface area contributed by atoms with Gasteiger partial charge in [-0.15, -0.1) is 11.6 Å². The largest absolute Gasteiger partial charge is 0.110 e. The average Bonchev–Trinajstić information content (AvgIpc) is 1.80. The van der Waals surface area contributed by atoms with E-state index in [2.05, 4.69) is 22.9 Å². The first kappa shape index (κ1) is 9.77. The second-order valence-electron chi connectivity index (χ2n) is 2.24. The van der Waals surface area contributed by atoms with Gasteiger partial charge >= 0.3 is 0 Å². The van der Waals surface area contributed by atoms with Gasteiger partial charge in [0, 0.05) is 0 Å². The average molecular weight is 214 g/mol. The predicted octanol–water partition coefficient (Wildman–Crippen LogP) is 3.92. The van der Waals surface area contributed by atoms with Crippen molar-refractivity contribution in [3.63, 3.8) is 0 Å². The van der Waals surface area contributed by atoms with Crippen molar-refractivity contribution < 1.29 is 0 Å². The summed E-state index contributed by atoms with van der Waals surface area (Å²) in [6.07, 6.45) is 6.33. The van der Waals surface area contributed by atoms with E-state index in [4.69, 9.17) is 11.6 Å². The standard InChI is InChI=1S/C7H14BrCl/c1-2-3-4-5-6-7(8)9/h7H,2-6H2,1H3. The minimum Gasteiger partial charge on any atom is -0.110 e. The molecule has 0 saturated heterocycles. The molecule has 1 unspecified atom stereocenters. The van der Waals surface area contributed by atoms with Crippen LogP contribution in [0.4, 0.5) is 0 Å². The molecule has 0 aromatic rings. The molecule has 0 aliphatic heterocycles. The fourth-order valence-corrected chi connectivity index (χ4v) is 1.20. The topological polar surface area (TPSA) is 0 Å². The van der Waals surface area contributed by atoms with Crippen molar-refractivity contribution in [3.8, 4) is 0 Å². The molecule has 0 rings (SSSR count). The van der Waals surface area contributed by atoms with Gasteiger partial charge in [-0.3, -0.25) is 0 Å². The van der Waals surface area contributed by atoms with E-state index in [0.717, 1.165) is 6.42 Å². The lowest BCUT2D eigenvalue weighted by atomic mass is 10.2. The second-order valence-corrected chi connectivity index (χ2v) is 4.40. The van der Waals surface area contributed by atoms with Crippen molar-refractivity contribution >= 4 is 27.5 Å². The van der Waals surface area contributed by atoms with Gasteiger partial charge in [0.05, 0.1) is 4.29 Å². The van der Waals surface area contributed by atoms with E-state index in [1.807, 2.05) is 0 Å². The molecule has 9 heavy (non-hydrogen) atoms. The van der Waals surface area contributed by atoms with Gasteiger partial charge in [0.15, 0.2) is 0 Å². The van der Waals surface area contributed by atoms with Crippen LogP contribution in [0.3, 0.4) is 0 Å². The van der Waals surface area contributed by atoms with Crippen LogP contribution in [0, 0.1) is 0 Å². The molecule has 0 aromatic carbocycles. The molecule has 0 bridgehead atoms. The number of rotatable bonds is 5. The van der Waals surface area contributed by atoms with Gasteiger partial charge < -0.3 is 0 Å². The summed E-state index contributed by atoms with van der Waals surface area (Å²) in [5, 5.41) is 0. The van der Waals surface area contributed by atoms with E-state index in [-0.39, 0.29) is 4.29 Å². The Balaban J connectivity index is 2.75. The highest BCUT2D eigenvalue weighted by Crippen LogP contribution is 2.14. The molecule has 0 saturated carbocycles. The van der Waals surface area contributed by atoms with Crippen molar-refractivity contribution in [2.24, 2.45) is 0 Å². The van der Waals surface area contributed by atoms with E-state index in [0.29, 0.717) is 0 Å². The first-order chi connectivity index (χ1) is 4.27. The molecule has 0 heterocycles. The van der Waals surface area contributed by atoms with Gasteiger partial charge in [0.25, 0.3) is 0 Å². The summed E-state index contributed by atoms with van der Waals surface area (Å²) in [6.45, 7) is 2.21. The summed E-state index contributed by atoms with van der Waals surface area (Å²) in [6, 6.07) is 0. The Morgan fingerprint density at radius 2 is 2.00 bits per heavy atom. The van der Waals surface area contributed by atoms with Crippen molar-refractivity contribution in [1.82, 2.24) is 0 Å². The quantitative estimate of drug-likeness (QED) is 0.480. The minimum absolute atomic E-state index is 0.189. The third-order valence-electron chi connectivity index (χ3n) is 1.28. The molecule has 0 nitrogen and oxygen atoms in total. The minimum atomic E-state index is 0.189. The van der Waals surface area contributed by atoms with E-state index in [1.54, 1.807) is 0 Å². The zero-order chi connectivity index (χ0) is 7.11. The van der Waals surface area contributed by atoms with Crippen molar-refractivity contribution in [3.05, 3.63) is 0 Å². The fourth-order valence-electron chi connectivity index (χ4n) is 0.725. The third-order valence-corrected chi connectivity index (χ3v) is 1.95. The van der Waals surface area contributed by atoms with Gasteiger partial charge in [-0.05, 0) is 6.42 Å². The lowest BCUT2D eigenvalue weighted by Gasteiger charge is -1.98. The van der Waals surface area contributed by atoms with Crippen molar-refractivity contribution in [1.29, 1.82) is 0 Å². The number of alkyl halides is 2. The van der Waals surface area contributed by atoms with Gasteiger partial charge in [-0.25, -0.2) is 0 Å². The van der Waals surface area contributed by atoms with Crippen LogP contribution in [0.2, 0.25) is 0 Å². The fraction of sp³-hybridized carbons (Fsp3) is 1.00. The number of hydrogen-bond acceptors (Lipinski definition) is 0. The van der Waals surface area contributed by atoms with Crippen LogP contribution in [0.15, 0.2) is 0 Å². The summed E-state index contributed by atoms with van der Waals surface area (Å²) in [4.78, 5) is 0. The first-order valence-corrected chi connectivity index (χ1v) is 4.90. The summed E-state index contributed by atoms with van der Waals surface area (Å²) >= 11 is 8.97. The maximum atomic E-state index is 5.67. The van der Waals surface area contributed by atoms with E-state index < -0.39 is 0 Å². The lowest BCUT2D eigenvalue weighted by Crippen LogP contribution is -1.85. The molecule has 0 fully saturated rings. The Bertz CT molecular complexity index is 54.9. The first-order valence-electron chi connectivity index (χ1n) is 3.55. The molecule has 1 atom stereocenters. The van der Waals surface area contributed by atoms with Crippen LogP contribution in [0.25, 0.3) is 0 Å². The summed E-state index contributed by atoms with van der Waals surface area (Å²) in [5.41, 5.74) is 0. The maximum Gasteiger partial charge on any atom is 0.0886 e. The van der Waals surface area contributed by atoms with Crippen LogP contribution in [-0.2, 0) is 0 Å². The summed E-state index contributed by atoms with van der Waals surface area (Å²) in [5.74, 6) is 0. The Morgan fingerprint density at radius 3 is 2.44 bits per heavy atom. The molecule has 0 aliphatic rings. The molecular weight excluding hydrogens is 199 g/mol. The zero-order valence-corrected chi connectivity index (χ0v) is 8.21. The van der Waals surface area contributed by atoms with Crippen LogP contribution in [0.1, 0.15) is 39.0 Å². The molecule has 0 spiro atoms. The van der Waals surface area contributed by atoms with Gasteiger partial charge in [-0.2, -0.15) is 0 Å². The van der Waals surface area contributed by atoms with Crippen molar-refractivity contribution in [2.45, 2.75) is 43.3 Å². The second kappa shape index (κ2) is 6.88. The Labute approximate surface area is 71.1 Å². The SMILES string of the molecule is CCCCCCC(Cl)Br. The number of halogens is 2. The zero-order valence-electron chi connectivity index (χ0n) is 5.87. The highest BCUT2D eigenvalue weighted by Gasteiger charge is 1.95. The van der Waals surface area contributed by atoms with Gasteiger partial charge in [-0.1, -0.05) is 48.5 Å². The molecule has 0 aromatic heterocycles. The van der Waals surface area contributed by atoms with Crippen molar-refractivity contribution in [2.75, 3.05) is 0 Å². The maximum absolute atomic E-state index is 5.67. The van der Waals surface area contributed by atoms with Crippen LogP contribution >= 0.6 is 27.5 Å². The molecule has 0 N–H and O–H groups in total. The monoisotopic (exact) mass is 212 g/mol. The molecular formula is C7H14BrCl. The van der Waals surface area contributed by atoms with Gasteiger partial charge in [0.2, 0.25) is 0 Å². The van der Waals surface area contributed by atoms with Crippen LogP contribution < -0.4 is 0 Å². The predicted molar refractivity (Wildman–Crippen MR) is 47.3 cm³/mol. The van der Waals surface area contributed by atoms with E-state index in [9.17, 15) is 0 Å². The normalized spacial score (nSPS) is 13.7. The Kier molecular flexibility index (Phi) is 7.47. The van der Waals surface area contributed by atoms with E-state index in [1.165, 1.54) is 25.7 Å². The Hall–Kier alpha value is 0.770. The number of hydrogen-bond donors (Lipinski definition) is 0. The molecule has 0 aliphatic carbocycles. The highest BCUT2D eigenvalue weighted by molar-refractivity contribution is 9.10. The van der Waals surface area contributed by atoms with E-state index >= 15 is 0 Å². The smallest absolute Gasteiger partial charge is 0.0886 e. The molecule has 2 heteroatoms. The van der Waals surface area contributed by atoms with Crippen LogP contribution in [-0.4, -0.2) is 4.29 Å². The molecule has 56 valence electrons. The molecule has 0 radical (unpaired) electrons. The van der Waals surface area contributed by atoms with Gasteiger partial charge in [0.1, 0.15) is 0 Å². The summed E-state index contributed by atoms with van der Waals surface area (Å²) in [7, 11) is 0. The summed E-state index contributed by atoms with van der Waals surface area (Å²) < 4.78 is 0.189. The third kappa shape index (κ3) is 8.77.